The molecule has 64 heavy (non-hydrogen) atoms. The maximum atomic E-state index is 5.23. The first-order valence-corrected chi connectivity index (χ1v) is 23.7. The second-order valence-corrected chi connectivity index (χ2v) is 20.5. The van der Waals surface area contributed by atoms with E-state index in [2.05, 4.69) is 212 Å². The third-order valence-electron chi connectivity index (χ3n) is 13.7. The molecule has 3 nitrogen and oxygen atoms in total. The van der Waals surface area contributed by atoms with E-state index in [9.17, 15) is 0 Å². The molecule has 0 atom stereocenters. The van der Waals surface area contributed by atoms with Gasteiger partial charge in [0.15, 0.2) is 0 Å². The number of thiophene rings is 1. The van der Waals surface area contributed by atoms with Crippen molar-refractivity contribution in [2.24, 2.45) is 0 Å². The average molecular weight is 854 g/mol. The quantitative estimate of drug-likeness (QED) is 0.162. The SMILES string of the molecule is CC(C)(C)c1ccc2c(c1)c1ccccc1c1cc3c(cc21)Sc1cc(-c2ccc4c(c2)sc2ccccc24)ccc1N3c1ccc2c(c1)c1ccccc1n1c3ccccc3nc21. The van der Waals surface area contributed by atoms with Crippen molar-refractivity contribution < 1.29 is 0 Å². The minimum atomic E-state index is 0.0431. The minimum Gasteiger partial charge on any atom is -0.308 e. The van der Waals surface area contributed by atoms with Crippen molar-refractivity contribution in [2.75, 3.05) is 4.90 Å². The second-order valence-electron chi connectivity index (χ2n) is 18.4. The molecule has 13 aromatic rings. The minimum absolute atomic E-state index is 0.0431. The molecular weight excluding hydrogens is 815 g/mol. The smallest absolute Gasteiger partial charge is 0.146 e. The lowest BCUT2D eigenvalue weighted by Crippen LogP contribution is -2.15. The molecule has 10 aromatic carbocycles. The number of nitrogens with zero attached hydrogens (tertiary/aromatic N) is 3. The summed E-state index contributed by atoms with van der Waals surface area (Å²) in [4.78, 5) is 10.2. The van der Waals surface area contributed by atoms with Crippen LogP contribution in [0.15, 0.2) is 192 Å². The zero-order valence-corrected chi connectivity index (χ0v) is 37.1. The summed E-state index contributed by atoms with van der Waals surface area (Å²) in [6.07, 6.45) is 0. The lowest BCUT2D eigenvalue weighted by molar-refractivity contribution is 0.591. The Morgan fingerprint density at radius 1 is 0.422 bits per heavy atom. The molecule has 0 saturated heterocycles. The van der Waals surface area contributed by atoms with Crippen LogP contribution in [0.25, 0.3) is 102 Å². The van der Waals surface area contributed by atoms with Crippen LogP contribution in [0.2, 0.25) is 0 Å². The highest BCUT2D eigenvalue weighted by Crippen LogP contribution is 2.55. The number of para-hydroxylation sites is 3. The van der Waals surface area contributed by atoms with Crippen LogP contribution in [0.5, 0.6) is 0 Å². The monoisotopic (exact) mass is 853 g/mol. The molecule has 3 aromatic heterocycles. The summed E-state index contributed by atoms with van der Waals surface area (Å²) in [6.45, 7) is 6.92. The van der Waals surface area contributed by atoms with Crippen molar-refractivity contribution in [1.82, 2.24) is 9.38 Å². The van der Waals surface area contributed by atoms with Crippen molar-refractivity contribution in [3.8, 4) is 11.1 Å². The molecule has 0 saturated carbocycles. The topological polar surface area (TPSA) is 20.5 Å². The number of fused-ring (bicyclic) bond motifs is 19. The van der Waals surface area contributed by atoms with Gasteiger partial charge in [-0.1, -0.05) is 136 Å². The van der Waals surface area contributed by atoms with E-state index in [1.54, 1.807) is 0 Å². The Morgan fingerprint density at radius 3 is 1.88 bits per heavy atom. The zero-order chi connectivity index (χ0) is 42.4. The van der Waals surface area contributed by atoms with Crippen molar-refractivity contribution in [3.63, 3.8) is 0 Å². The Balaban J connectivity index is 1.03. The molecule has 0 N–H and O–H groups in total. The summed E-state index contributed by atoms with van der Waals surface area (Å²) in [6, 6.07) is 68.2. The van der Waals surface area contributed by atoms with E-state index in [0.717, 1.165) is 33.3 Å². The Hall–Kier alpha value is -7.18. The third kappa shape index (κ3) is 5.20. The summed E-state index contributed by atoms with van der Waals surface area (Å²) in [5.41, 5.74) is 11.6. The molecule has 0 bridgehead atoms. The number of rotatable bonds is 2. The molecule has 1 aliphatic rings. The first-order chi connectivity index (χ1) is 31.3. The lowest BCUT2D eigenvalue weighted by atomic mass is 9.84. The Labute approximate surface area is 377 Å². The molecule has 0 fully saturated rings. The number of hydrogen-bond donors (Lipinski definition) is 0. The summed E-state index contributed by atoms with van der Waals surface area (Å²) < 4.78 is 4.98. The average Bonchev–Trinajstić information content (AvgIpc) is 3.91. The largest absolute Gasteiger partial charge is 0.308 e. The molecule has 0 spiro atoms. The van der Waals surface area contributed by atoms with Crippen molar-refractivity contribution in [1.29, 1.82) is 0 Å². The number of benzene rings is 10. The molecule has 1 aliphatic heterocycles. The van der Waals surface area contributed by atoms with Gasteiger partial charge in [0, 0.05) is 46.4 Å². The van der Waals surface area contributed by atoms with Gasteiger partial charge in [-0.05, 0) is 139 Å². The van der Waals surface area contributed by atoms with Crippen molar-refractivity contribution >= 4 is 131 Å². The van der Waals surface area contributed by atoms with E-state index < -0.39 is 0 Å². The molecule has 0 radical (unpaired) electrons. The van der Waals surface area contributed by atoms with Crippen LogP contribution in [-0.2, 0) is 5.41 Å². The number of imidazole rings is 1. The summed E-state index contributed by atoms with van der Waals surface area (Å²) in [5.74, 6) is 0. The Morgan fingerprint density at radius 2 is 1.03 bits per heavy atom. The zero-order valence-electron chi connectivity index (χ0n) is 35.5. The van der Waals surface area contributed by atoms with E-state index in [4.69, 9.17) is 4.98 Å². The van der Waals surface area contributed by atoms with Gasteiger partial charge >= 0.3 is 0 Å². The van der Waals surface area contributed by atoms with Crippen molar-refractivity contribution in [2.45, 2.75) is 36.0 Å². The summed E-state index contributed by atoms with van der Waals surface area (Å²) in [5, 5.41) is 13.9. The highest BCUT2D eigenvalue weighted by atomic mass is 32.2. The summed E-state index contributed by atoms with van der Waals surface area (Å²) >= 11 is 3.77. The van der Waals surface area contributed by atoms with Crippen LogP contribution in [0.1, 0.15) is 26.3 Å². The van der Waals surface area contributed by atoms with Gasteiger partial charge in [-0.15, -0.1) is 11.3 Å². The fourth-order valence-electron chi connectivity index (χ4n) is 10.5. The fourth-order valence-corrected chi connectivity index (χ4v) is 12.8. The molecule has 0 unspecified atom stereocenters. The van der Waals surface area contributed by atoms with Gasteiger partial charge in [0.1, 0.15) is 5.65 Å². The molecule has 4 heterocycles. The predicted molar refractivity (Wildman–Crippen MR) is 276 cm³/mol. The van der Waals surface area contributed by atoms with Gasteiger partial charge < -0.3 is 4.90 Å². The van der Waals surface area contributed by atoms with Gasteiger partial charge in [0.05, 0.1) is 27.9 Å². The Bertz CT molecular complexity index is 4170. The molecule has 5 heteroatoms. The van der Waals surface area contributed by atoms with E-state index in [0.29, 0.717) is 0 Å². The van der Waals surface area contributed by atoms with E-state index in [1.807, 2.05) is 23.1 Å². The van der Waals surface area contributed by atoms with Crippen LogP contribution in [-0.4, -0.2) is 9.38 Å². The first-order valence-electron chi connectivity index (χ1n) is 22.0. The normalized spacial score (nSPS) is 13.1. The van der Waals surface area contributed by atoms with E-state index in [1.165, 1.54) is 101 Å². The van der Waals surface area contributed by atoms with Crippen LogP contribution in [0.3, 0.4) is 0 Å². The maximum absolute atomic E-state index is 5.23. The van der Waals surface area contributed by atoms with Gasteiger partial charge in [-0.3, -0.25) is 4.40 Å². The number of pyridine rings is 1. The predicted octanol–water partition coefficient (Wildman–Crippen LogP) is 17.5. The first kappa shape index (κ1) is 36.3. The summed E-state index contributed by atoms with van der Waals surface area (Å²) in [7, 11) is 0. The Kier molecular flexibility index (Phi) is 7.48. The van der Waals surface area contributed by atoms with Crippen LogP contribution >= 0.6 is 23.1 Å². The number of aromatic nitrogens is 2. The molecule has 0 aliphatic carbocycles. The standard InChI is InChI=1S/C59H39N3S2/c1-59(2,3)36-22-25-40-45(30-36)38-12-4-5-13-39(38)47-32-53-57(33-48(40)47)64-56-29-35(34-20-24-43-42-15-7-11-19-54(42)63-55(43)28-34)21-27-52(56)61(53)37-23-26-44-46(31-37)41-14-6-9-17-50(41)62-51-18-10-8-16-49(51)60-58(44)62/h4-33H,1-3H3. The van der Waals surface area contributed by atoms with Crippen LogP contribution in [0, 0.1) is 0 Å². The lowest BCUT2D eigenvalue weighted by Gasteiger charge is -2.34. The van der Waals surface area contributed by atoms with Gasteiger partial charge in [-0.25, -0.2) is 4.98 Å². The molecule has 14 rings (SSSR count). The number of hydrogen-bond acceptors (Lipinski definition) is 4. The molecule has 0 amide bonds. The fraction of sp³-hybridized carbons (Fsp3) is 0.0678. The van der Waals surface area contributed by atoms with E-state index in [-0.39, 0.29) is 5.41 Å². The molecule has 302 valence electrons. The van der Waals surface area contributed by atoms with Crippen LogP contribution < -0.4 is 4.90 Å². The highest BCUT2D eigenvalue weighted by molar-refractivity contribution is 7.99. The van der Waals surface area contributed by atoms with Gasteiger partial charge in [-0.2, -0.15) is 0 Å². The maximum Gasteiger partial charge on any atom is 0.146 e. The van der Waals surface area contributed by atoms with Gasteiger partial charge in [0.2, 0.25) is 0 Å². The number of anilines is 3. The molecular formula is C59H39N3S2. The van der Waals surface area contributed by atoms with Gasteiger partial charge in [0.25, 0.3) is 0 Å². The highest BCUT2D eigenvalue weighted by Gasteiger charge is 2.28. The third-order valence-corrected chi connectivity index (χ3v) is 15.9. The van der Waals surface area contributed by atoms with Crippen LogP contribution in [0.4, 0.5) is 17.1 Å². The van der Waals surface area contributed by atoms with Crippen molar-refractivity contribution in [3.05, 3.63) is 188 Å². The van der Waals surface area contributed by atoms with E-state index >= 15 is 0 Å². The second kappa shape index (κ2) is 13.2.